The summed E-state index contributed by atoms with van der Waals surface area (Å²) in [6.45, 7) is 4.61. The molecule has 10 heteroatoms. The van der Waals surface area contributed by atoms with Crippen LogP contribution in [-0.2, 0) is 4.79 Å². The average Bonchev–Trinajstić information content (AvgIpc) is 2.72. The minimum absolute atomic E-state index is 0.0525. The molecule has 0 unspecified atom stereocenters. The molecule has 0 atom stereocenters. The predicted octanol–water partition coefficient (Wildman–Crippen LogP) is 4.24. The molecule has 0 aliphatic carbocycles. The number of carbonyl (C=O) groups is 2. The summed E-state index contributed by atoms with van der Waals surface area (Å²) >= 11 is 14.2. The number of carbonyl (C=O) groups excluding carboxylic acids is 2. The molecule has 0 radical (unpaired) electrons. The summed E-state index contributed by atoms with van der Waals surface area (Å²) in [6, 6.07) is 11.7. The Morgan fingerprint density at radius 1 is 1.10 bits per heavy atom. The molecule has 0 fully saturated rings. The number of hydrogen-bond donors (Lipinski definition) is 3. The Labute approximate surface area is 199 Å². The summed E-state index contributed by atoms with van der Waals surface area (Å²) in [5.74, 6) is 0.817. The molecule has 2 amide bonds. The minimum atomic E-state index is -0.485. The van der Waals surface area contributed by atoms with Crippen molar-refractivity contribution in [3.05, 3.63) is 57.5 Å². The maximum absolute atomic E-state index is 12.3. The minimum Gasteiger partial charge on any atom is -0.494 e. The van der Waals surface area contributed by atoms with Crippen molar-refractivity contribution in [3.8, 4) is 11.5 Å². The standard InChI is InChI=1S/C21H23BrClN3O4S/c1-13(2)9-10-29-16-6-3-14(4-7-16)20(28)24-21(31)26-25-19(27)12-30-18-8-5-15(23)11-17(18)22/h3-8,11,13H,9-10,12H2,1-2H3,(H,25,27)(H2,24,26,28,31). The fourth-order valence-electron chi connectivity index (χ4n) is 2.22. The number of amides is 2. The molecular weight excluding hydrogens is 506 g/mol. The number of ether oxygens (including phenoxy) is 2. The van der Waals surface area contributed by atoms with Gasteiger partial charge in [-0.2, -0.15) is 0 Å². The molecule has 2 rings (SSSR count). The van der Waals surface area contributed by atoms with E-state index in [0.717, 1.165) is 6.42 Å². The Bertz CT molecular complexity index is 925. The second kappa shape index (κ2) is 12.5. The van der Waals surface area contributed by atoms with Crippen LogP contribution in [0.15, 0.2) is 46.9 Å². The van der Waals surface area contributed by atoms with Gasteiger partial charge in [-0.1, -0.05) is 25.4 Å². The van der Waals surface area contributed by atoms with E-state index in [1.165, 1.54) is 0 Å². The zero-order valence-corrected chi connectivity index (χ0v) is 20.2. The van der Waals surface area contributed by atoms with Crippen molar-refractivity contribution in [1.82, 2.24) is 16.2 Å². The monoisotopic (exact) mass is 527 g/mol. The van der Waals surface area contributed by atoms with Gasteiger partial charge in [0.1, 0.15) is 11.5 Å². The van der Waals surface area contributed by atoms with Crippen LogP contribution in [0.1, 0.15) is 30.6 Å². The van der Waals surface area contributed by atoms with E-state index in [2.05, 4.69) is 45.9 Å². The maximum atomic E-state index is 12.3. The SMILES string of the molecule is CC(C)CCOc1ccc(C(=O)NC(=S)NNC(=O)COc2ccc(Cl)cc2Br)cc1. The average molecular weight is 529 g/mol. The summed E-state index contributed by atoms with van der Waals surface area (Å²) in [4.78, 5) is 24.2. The number of rotatable bonds is 8. The van der Waals surface area contributed by atoms with Crippen LogP contribution >= 0.6 is 39.7 Å². The largest absolute Gasteiger partial charge is 0.494 e. The highest BCUT2D eigenvalue weighted by molar-refractivity contribution is 9.10. The first kappa shape index (κ1) is 24.9. The lowest BCUT2D eigenvalue weighted by molar-refractivity contribution is -0.123. The topological polar surface area (TPSA) is 88.7 Å². The van der Waals surface area contributed by atoms with Crippen molar-refractivity contribution in [3.63, 3.8) is 0 Å². The molecule has 166 valence electrons. The molecule has 7 nitrogen and oxygen atoms in total. The lowest BCUT2D eigenvalue weighted by atomic mass is 10.1. The third kappa shape index (κ3) is 9.12. The second-order valence-corrected chi connectivity index (χ2v) is 8.57. The number of thiocarbonyl (C=S) groups is 1. The molecule has 0 saturated carbocycles. The van der Waals surface area contributed by atoms with Gasteiger partial charge in [0, 0.05) is 10.6 Å². The van der Waals surface area contributed by atoms with Crippen molar-refractivity contribution < 1.29 is 19.1 Å². The van der Waals surface area contributed by atoms with Crippen LogP contribution < -0.4 is 25.6 Å². The molecule has 2 aromatic carbocycles. The first-order valence-electron chi connectivity index (χ1n) is 9.45. The molecule has 31 heavy (non-hydrogen) atoms. The van der Waals surface area contributed by atoms with Crippen LogP contribution in [0.25, 0.3) is 0 Å². The van der Waals surface area contributed by atoms with E-state index in [9.17, 15) is 9.59 Å². The highest BCUT2D eigenvalue weighted by atomic mass is 79.9. The van der Waals surface area contributed by atoms with Gasteiger partial charge in [-0.05, 0) is 83.0 Å². The molecule has 0 aromatic heterocycles. The van der Waals surface area contributed by atoms with Gasteiger partial charge < -0.3 is 9.47 Å². The van der Waals surface area contributed by atoms with Crippen LogP contribution in [0, 0.1) is 5.92 Å². The summed E-state index contributed by atoms with van der Waals surface area (Å²) in [5.41, 5.74) is 5.21. The quantitative estimate of drug-likeness (QED) is 0.351. The first-order chi connectivity index (χ1) is 14.7. The van der Waals surface area contributed by atoms with Gasteiger partial charge in [0.05, 0.1) is 11.1 Å². The van der Waals surface area contributed by atoms with Crippen LogP contribution in [0.4, 0.5) is 0 Å². The van der Waals surface area contributed by atoms with Crippen molar-refractivity contribution >= 4 is 56.7 Å². The van der Waals surface area contributed by atoms with Crippen molar-refractivity contribution in [2.45, 2.75) is 20.3 Å². The number of hydrogen-bond acceptors (Lipinski definition) is 5. The van der Waals surface area contributed by atoms with Crippen LogP contribution in [0.5, 0.6) is 11.5 Å². The van der Waals surface area contributed by atoms with Gasteiger partial charge in [-0.25, -0.2) is 0 Å². The van der Waals surface area contributed by atoms with E-state index in [0.29, 0.717) is 39.1 Å². The van der Waals surface area contributed by atoms with E-state index in [1.54, 1.807) is 42.5 Å². The molecule has 2 aromatic rings. The van der Waals surface area contributed by atoms with Crippen molar-refractivity contribution in [1.29, 1.82) is 0 Å². The number of benzene rings is 2. The predicted molar refractivity (Wildman–Crippen MR) is 127 cm³/mol. The molecule has 0 aliphatic heterocycles. The molecule has 0 bridgehead atoms. The van der Waals surface area contributed by atoms with Gasteiger partial charge in [-0.3, -0.25) is 25.8 Å². The molecule has 0 heterocycles. The van der Waals surface area contributed by atoms with Gasteiger partial charge >= 0.3 is 0 Å². The zero-order chi connectivity index (χ0) is 22.8. The Hall–Kier alpha value is -2.36. The highest BCUT2D eigenvalue weighted by Crippen LogP contribution is 2.27. The molecule has 0 spiro atoms. The van der Waals surface area contributed by atoms with E-state index in [4.69, 9.17) is 33.3 Å². The molecule has 0 saturated heterocycles. The Balaban J connectivity index is 1.72. The lowest BCUT2D eigenvalue weighted by Gasteiger charge is -2.12. The van der Waals surface area contributed by atoms with E-state index >= 15 is 0 Å². The van der Waals surface area contributed by atoms with Gasteiger partial charge in [0.15, 0.2) is 11.7 Å². The van der Waals surface area contributed by atoms with E-state index < -0.39 is 11.8 Å². The van der Waals surface area contributed by atoms with Gasteiger partial charge in [-0.15, -0.1) is 0 Å². The lowest BCUT2D eigenvalue weighted by Crippen LogP contribution is -2.49. The van der Waals surface area contributed by atoms with Gasteiger partial charge in [0.2, 0.25) is 0 Å². The van der Waals surface area contributed by atoms with Gasteiger partial charge in [0.25, 0.3) is 11.8 Å². The fraction of sp³-hybridized carbons (Fsp3) is 0.286. The third-order valence-electron chi connectivity index (χ3n) is 3.88. The summed E-state index contributed by atoms with van der Waals surface area (Å²) in [5, 5.41) is 2.97. The van der Waals surface area contributed by atoms with Crippen LogP contribution in [0.2, 0.25) is 5.02 Å². The normalized spacial score (nSPS) is 10.4. The third-order valence-corrected chi connectivity index (χ3v) is 4.93. The fourth-order valence-corrected chi connectivity index (χ4v) is 3.16. The Kier molecular flexibility index (Phi) is 10.0. The van der Waals surface area contributed by atoms with Crippen molar-refractivity contribution in [2.24, 2.45) is 5.92 Å². The van der Waals surface area contributed by atoms with E-state index in [1.807, 2.05) is 0 Å². The number of hydrazine groups is 1. The Morgan fingerprint density at radius 2 is 1.81 bits per heavy atom. The maximum Gasteiger partial charge on any atom is 0.276 e. The molecule has 3 N–H and O–H groups in total. The second-order valence-electron chi connectivity index (χ2n) is 6.88. The highest BCUT2D eigenvalue weighted by Gasteiger charge is 2.10. The van der Waals surface area contributed by atoms with Crippen molar-refractivity contribution in [2.75, 3.05) is 13.2 Å². The van der Waals surface area contributed by atoms with Crippen LogP contribution in [-0.4, -0.2) is 30.1 Å². The first-order valence-corrected chi connectivity index (χ1v) is 11.0. The summed E-state index contributed by atoms with van der Waals surface area (Å²) < 4.78 is 11.6. The zero-order valence-electron chi connectivity index (χ0n) is 17.0. The molecular formula is C21H23BrClN3O4S. The van der Waals surface area contributed by atoms with E-state index in [-0.39, 0.29) is 11.7 Å². The summed E-state index contributed by atoms with van der Waals surface area (Å²) in [6.07, 6.45) is 0.954. The van der Waals surface area contributed by atoms with Crippen LogP contribution in [0.3, 0.4) is 0 Å². The molecule has 0 aliphatic rings. The Morgan fingerprint density at radius 3 is 2.45 bits per heavy atom. The summed E-state index contributed by atoms with van der Waals surface area (Å²) in [7, 11) is 0. The number of nitrogens with one attached hydrogen (secondary N) is 3. The smallest absolute Gasteiger partial charge is 0.276 e. The number of halogens is 2.